The van der Waals surface area contributed by atoms with Crippen LogP contribution in [0.15, 0.2) is 11.5 Å². The molecule has 7 heteroatoms. The van der Waals surface area contributed by atoms with Gasteiger partial charge >= 0.3 is 6.18 Å². The van der Waals surface area contributed by atoms with Gasteiger partial charge in [0.25, 0.3) is 0 Å². The summed E-state index contributed by atoms with van der Waals surface area (Å²) in [6, 6.07) is 0. The summed E-state index contributed by atoms with van der Waals surface area (Å²) in [5.74, 6) is -0.789. The molecular weight excluding hydrogens is 241 g/mol. The second-order valence-electron chi connectivity index (χ2n) is 2.96. The number of halogens is 3. The Bertz CT molecular complexity index is 398. The molecule has 1 N–H and O–H groups in total. The third kappa shape index (κ3) is 4.92. The van der Waals surface area contributed by atoms with Crippen molar-refractivity contribution in [1.82, 2.24) is 10.3 Å². The molecule has 0 spiro atoms. The van der Waals surface area contributed by atoms with Gasteiger partial charge in [-0.25, -0.2) is 4.98 Å². The number of rotatable bonds is 3. The minimum absolute atomic E-state index is 0.560. The Kier molecular flexibility index (Phi) is 4.05. The van der Waals surface area contributed by atoms with Crippen LogP contribution >= 0.6 is 11.3 Å². The SMILES string of the molecule is Cc1nc(/C=C\C(=O)NCC(F)(F)F)cs1. The molecular formula is C9H9F3N2OS. The Labute approximate surface area is 94.0 Å². The summed E-state index contributed by atoms with van der Waals surface area (Å²) in [7, 11) is 0. The van der Waals surface area contributed by atoms with Crippen LogP contribution in [0.1, 0.15) is 10.7 Å². The molecule has 0 fully saturated rings. The van der Waals surface area contributed by atoms with E-state index in [0.717, 1.165) is 11.1 Å². The molecule has 0 aliphatic carbocycles. The van der Waals surface area contributed by atoms with E-state index in [9.17, 15) is 18.0 Å². The summed E-state index contributed by atoms with van der Waals surface area (Å²) in [5.41, 5.74) is 0.560. The molecule has 88 valence electrons. The maximum atomic E-state index is 11.7. The van der Waals surface area contributed by atoms with Crippen LogP contribution < -0.4 is 5.32 Å². The highest BCUT2D eigenvalue weighted by Gasteiger charge is 2.27. The fourth-order valence-corrected chi connectivity index (χ4v) is 1.44. The van der Waals surface area contributed by atoms with E-state index in [4.69, 9.17) is 0 Å². The van der Waals surface area contributed by atoms with Crippen molar-refractivity contribution >= 4 is 23.3 Å². The number of hydrogen-bond acceptors (Lipinski definition) is 3. The summed E-state index contributed by atoms with van der Waals surface area (Å²) < 4.78 is 35.2. The molecule has 0 aliphatic heterocycles. The van der Waals surface area contributed by atoms with Crippen molar-refractivity contribution in [3.8, 4) is 0 Å². The first-order valence-electron chi connectivity index (χ1n) is 4.31. The normalized spacial score (nSPS) is 12.0. The summed E-state index contributed by atoms with van der Waals surface area (Å²) in [6.45, 7) is 0.470. The van der Waals surface area contributed by atoms with E-state index in [1.807, 2.05) is 0 Å². The van der Waals surface area contributed by atoms with Gasteiger partial charge in [-0.1, -0.05) is 0 Å². The fraction of sp³-hybridized carbons (Fsp3) is 0.333. The van der Waals surface area contributed by atoms with E-state index >= 15 is 0 Å². The van der Waals surface area contributed by atoms with Crippen molar-refractivity contribution in [1.29, 1.82) is 0 Å². The first-order valence-corrected chi connectivity index (χ1v) is 5.19. The highest BCUT2D eigenvalue weighted by atomic mass is 32.1. The second-order valence-corrected chi connectivity index (χ2v) is 4.02. The maximum absolute atomic E-state index is 11.7. The number of alkyl halides is 3. The lowest BCUT2D eigenvalue weighted by molar-refractivity contribution is -0.135. The molecule has 0 saturated heterocycles. The van der Waals surface area contributed by atoms with Crippen LogP contribution in [-0.2, 0) is 4.79 Å². The third-order valence-electron chi connectivity index (χ3n) is 1.51. The highest BCUT2D eigenvalue weighted by molar-refractivity contribution is 7.09. The summed E-state index contributed by atoms with van der Waals surface area (Å²) in [6.07, 6.45) is -1.99. The Morgan fingerprint density at radius 1 is 1.62 bits per heavy atom. The van der Waals surface area contributed by atoms with Crippen LogP contribution in [0.4, 0.5) is 13.2 Å². The lowest BCUT2D eigenvalue weighted by Crippen LogP contribution is -2.32. The maximum Gasteiger partial charge on any atom is 0.405 e. The number of aryl methyl sites for hydroxylation is 1. The monoisotopic (exact) mass is 250 g/mol. The van der Waals surface area contributed by atoms with Crippen LogP contribution in [0.25, 0.3) is 6.08 Å². The molecule has 1 aromatic heterocycles. The molecule has 0 aromatic carbocycles. The number of carbonyl (C=O) groups excluding carboxylic acids is 1. The topological polar surface area (TPSA) is 42.0 Å². The van der Waals surface area contributed by atoms with Crippen molar-refractivity contribution in [2.75, 3.05) is 6.54 Å². The predicted octanol–water partition coefficient (Wildman–Crippen LogP) is 2.14. The van der Waals surface area contributed by atoms with E-state index in [0.29, 0.717) is 5.69 Å². The summed E-state index contributed by atoms with van der Waals surface area (Å²) in [5, 5.41) is 4.26. The lowest BCUT2D eigenvalue weighted by Gasteiger charge is -2.05. The Balaban J connectivity index is 2.43. The van der Waals surface area contributed by atoms with Crippen molar-refractivity contribution in [2.24, 2.45) is 0 Å². The average molecular weight is 250 g/mol. The number of hydrogen-bond donors (Lipinski definition) is 1. The molecule has 16 heavy (non-hydrogen) atoms. The van der Waals surface area contributed by atoms with Gasteiger partial charge in [-0.2, -0.15) is 13.2 Å². The molecule has 0 radical (unpaired) electrons. The standard InChI is InChI=1S/C9H9F3N2OS/c1-6-14-7(4-16-6)2-3-8(15)13-5-9(10,11)12/h2-4H,5H2,1H3,(H,13,15)/b3-2-. The molecule has 0 bridgehead atoms. The van der Waals surface area contributed by atoms with Crippen LogP contribution in [0.5, 0.6) is 0 Å². The molecule has 0 saturated carbocycles. The van der Waals surface area contributed by atoms with Crippen LogP contribution in [-0.4, -0.2) is 23.6 Å². The number of thiazole rings is 1. The van der Waals surface area contributed by atoms with Crippen molar-refractivity contribution in [3.63, 3.8) is 0 Å². The van der Waals surface area contributed by atoms with Gasteiger partial charge in [-0.3, -0.25) is 4.79 Å². The highest BCUT2D eigenvalue weighted by Crippen LogP contribution is 2.12. The molecule has 0 atom stereocenters. The molecule has 1 amide bonds. The van der Waals surface area contributed by atoms with Crippen LogP contribution in [0, 0.1) is 6.92 Å². The quantitative estimate of drug-likeness (QED) is 0.835. The van der Waals surface area contributed by atoms with Gasteiger partial charge in [0.2, 0.25) is 5.91 Å². The van der Waals surface area contributed by atoms with E-state index in [1.54, 1.807) is 17.6 Å². The van der Waals surface area contributed by atoms with Crippen molar-refractivity contribution in [2.45, 2.75) is 13.1 Å². The van der Waals surface area contributed by atoms with E-state index in [-0.39, 0.29) is 0 Å². The zero-order valence-corrected chi connectivity index (χ0v) is 9.15. The minimum Gasteiger partial charge on any atom is -0.343 e. The number of aromatic nitrogens is 1. The Hall–Kier alpha value is -1.37. The number of carbonyl (C=O) groups is 1. The Morgan fingerprint density at radius 3 is 2.81 bits per heavy atom. The second kappa shape index (κ2) is 5.11. The summed E-state index contributed by atoms with van der Waals surface area (Å²) in [4.78, 5) is 15.0. The molecule has 0 aliphatic rings. The molecule has 0 unspecified atom stereocenters. The largest absolute Gasteiger partial charge is 0.405 e. The summed E-state index contributed by atoms with van der Waals surface area (Å²) >= 11 is 1.40. The predicted molar refractivity (Wildman–Crippen MR) is 54.9 cm³/mol. The number of amides is 1. The van der Waals surface area contributed by atoms with Gasteiger partial charge in [0.05, 0.1) is 10.7 Å². The third-order valence-corrected chi connectivity index (χ3v) is 2.30. The van der Waals surface area contributed by atoms with Crippen molar-refractivity contribution in [3.05, 3.63) is 22.2 Å². The molecule has 3 nitrogen and oxygen atoms in total. The van der Waals surface area contributed by atoms with E-state index < -0.39 is 18.6 Å². The zero-order valence-electron chi connectivity index (χ0n) is 8.34. The van der Waals surface area contributed by atoms with Gasteiger partial charge in [-0.15, -0.1) is 11.3 Å². The molecule has 1 aromatic rings. The van der Waals surface area contributed by atoms with Gasteiger partial charge in [0, 0.05) is 11.5 Å². The lowest BCUT2D eigenvalue weighted by atomic mass is 10.4. The van der Waals surface area contributed by atoms with Gasteiger partial charge in [0.1, 0.15) is 6.54 Å². The number of nitrogens with zero attached hydrogens (tertiary/aromatic N) is 1. The minimum atomic E-state index is -4.39. The molecule has 1 heterocycles. The van der Waals surface area contributed by atoms with Crippen molar-refractivity contribution < 1.29 is 18.0 Å². The van der Waals surface area contributed by atoms with E-state index in [1.165, 1.54) is 17.4 Å². The van der Waals surface area contributed by atoms with Gasteiger partial charge < -0.3 is 5.32 Å². The molecule has 1 rings (SSSR count). The van der Waals surface area contributed by atoms with Gasteiger partial charge in [0.15, 0.2) is 0 Å². The first-order chi connectivity index (χ1) is 7.37. The zero-order chi connectivity index (χ0) is 12.2. The van der Waals surface area contributed by atoms with Gasteiger partial charge in [-0.05, 0) is 13.0 Å². The smallest absolute Gasteiger partial charge is 0.343 e. The Morgan fingerprint density at radius 2 is 2.31 bits per heavy atom. The van der Waals surface area contributed by atoms with E-state index in [2.05, 4.69) is 4.98 Å². The van der Waals surface area contributed by atoms with Crippen LogP contribution in [0.3, 0.4) is 0 Å². The number of nitrogens with one attached hydrogen (secondary N) is 1. The fourth-order valence-electron chi connectivity index (χ4n) is 0.864. The first kappa shape index (κ1) is 12.7. The average Bonchev–Trinajstić information content (AvgIpc) is 2.57. The van der Waals surface area contributed by atoms with Crippen LogP contribution in [0.2, 0.25) is 0 Å².